The molecule has 0 spiro atoms. The maximum Gasteiger partial charge on any atom is 0.239 e. The predicted molar refractivity (Wildman–Crippen MR) is 75.8 cm³/mol. The van der Waals surface area contributed by atoms with E-state index >= 15 is 0 Å². The zero-order chi connectivity index (χ0) is 14.8. The first-order valence-corrected chi connectivity index (χ1v) is 6.90. The first kappa shape index (κ1) is 17.9. The van der Waals surface area contributed by atoms with Crippen LogP contribution in [0.2, 0.25) is 0 Å². The van der Waals surface area contributed by atoms with Gasteiger partial charge in [0.15, 0.2) is 0 Å². The molecule has 0 rings (SSSR count). The van der Waals surface area contributed by atoms with Gasteiger partial charge in [-0.2, -0.15) is 0 Å². The first-order valence-electron chi connectivity index (χ1n) is 6.90. The van der Waals surface area contributed by atoms with Crippen molar-refractivity contribution in [3.05, 3.63) is 0 Å². The van der Waals surface area contributed by atoms with Gasteiger partial charge in [0.2, 0.25) is 11.8 Å². The van der Waals surface area contributed by atoms with Crippen molar-refractivity contribution >= 4 is 11.8 Å². The molecule has 0 heterocycles. The van der Waals surface area contributed by atoms with Gasteiger partial charge < -0.3 is 15.0 Å². The zero-order valence-corrected chi connectivity index (χ0v) is 12.9. The normalized spacial score (nSPS) is 10.9. The Morgan fingerprint density at radius 1 is 1.16 bits per heavy atom. The molecule has 0 bridgehead atoms. The first-order chi connectivity index (χ1) is 8.86. The fourth-order valence-electron chi connectivity index (χ4n) is 1.70. The number of nitrogens with zero attached hydrogens (tertiary/aromatic N) is 1. The van der Waals surface area contributed by atoms with Crippen LogP contribution < -0.4 is 5.32 Å². The molecule has 0 atom stereocenters. The molecule has 0 saturated heterocycles. The molecule has 19 heavy (non-hydrogen) atoms. The second-order valence-corrected chi connectivity index (χ2v) is 5.61. The number of carbonyl (C=O) groups is 2. The second-order valence-electron chi connectivity index (χ2n) is 5.61. The summed E-state index contributed by atoms with van der Waals surface area (Å²) < 4.78 is 4.87. The molecular weight excluding hydrogens is 244 g/mol. The van der Waals surface area contributed by atoms with Gasteiger partial charge in [0, 0.05) is 26.6 Å². The highest BCUT2D eigenvalue weighted by atomic mass is 16.5. The van der Waals surface area contributed by atoms with Gasteiger partial charge in [0.05, 0.1) is 13.2 Å². The van der Waals surface area contributed by atoms with Gasteiger partial charge in [0.25, 0.3) is 0 Å². The number of hydrogen-bond donors (Lipinski definition) is 1. The van der Waals surface area contributed by atoms with Gasteiger partial charge in [-0.3, -0.25) is 9.59 Å². The molecule has 0 aliphatic rings. The zero-order valence-electron chi connectivity index (χ0n) is 12.9. The van der Waals surface area contributed by atoms with Crippen LogP contribution in [0, 0.1) is 11.8 Å². The summed E-state index contributed by atoms with van der Waals surface area (Å²) >= 11 is 0. The molecule has 0 fully saturated rings. The lowest BCUT2D eigenvalue weighted by Gasteiger charge is -2.25. The molecule has 0 aliphatic heterocycles. The van der Waals surface area contributed by atoms with Gasteiger partial charge in [-0.1, -0.05) is 27.7 Å². The summed E-state index contributed by atoms with van der Waals surface area (Å²) in [5, 5.41) is 2.74. The summed E-state index contributed by atoms with van der Waals surface area (Å²) in [5.41, 5.74) is 0. The standard InChI is InChI=1S/C14H28N2O3/c1-11(2)8-14(18)16(9-12(3)4)10-13(17)15-6-7-19-5/h11-12H,6-10H2,1-5H3,(H,15,17). The van der Waals surface area contributed by atoms with Crippen molar-refractivity contribution < 1.29 is 14.3 Å². The summed E-state index contributed by atoms with van der Waals surface area (Å²) in [6.07, 6.45) is 0.484. The summed E-state index contributed by atoms with van der Waals surface area (Å²) in [7, 11) is 1.59. The number of methoxy groups -OCH3 is 1. The SMILES string of the molecule is COCCNC(=O)CN(CC(C)C)C(=O)CC(C)C. The minimum Gasteiger partial charge on any atom is -0.383 e. The average Bonchev–Trinajstić information content (AvgIpc) is 2.27. The minimum absolute atomic E-state index is 0.0468. The summed E-state index contributed by atoms with van der Waals surface area (Å²) in [6.45, 7) is 9.79. The van der Waals surface area contributed by atoms with E-state index in [9.17, 15) is 9.59 Å². The fraction of sp³-hybridized carbons (Fsp3) is 0.857. The Morgan fingerprint density at radius 3 is 2.26 bits per heavy atom. The third kappa shape index (κ3) is 9.47. The van der Waals surface area contributed by atoms with Crippen LogP contribution in [-0.2, 0) is 14.3 Å². The van der Waals surface area contributed by atoms with Crippen molar-refractivity contribution in [1.29, 1.82) is 0 Å². The molecule has 5 heteroatoms. The van der Waals surface area contributed by atoms with Crippen LogP contribution in [-0.4, -0.2) is 50.1 Å². The lowest BCUT2D eigenvalue weighted by molar-refractivity contribution is -0.137. The molecule has 2 amide bonds. The third-order valence-corrected chi connectivity index (χ3v) is 2.48. The Morgan fingerprint density at radius 2 is 1.79 bits per heavy atom. The van der Waals surface area contributed by atoms with Crippen LogP contribution in [0.5, 0.6) is 0 Å². The van der Waals surface area contributed by atoms with Crippen LogP contribution in [0.3, 0.4) is 0 Å². The molecule has 112 valence electrons. The van der Waals surface area contributed by atoms with Crippen LogP contribution in [0.25, 0.3) is 0 Å². The number of hydrogen-bond acceptors (Lipinski definition) is 3. The van der Waals surface area contributed by atoms with Gasteiger partial charge in [0.1, 0.15) is 0 Å². The van der Waals surface area contributed by atoms with Gasteiger partial charge in [-0.25, -0.2) is 0 Å². The van der Waals surface area contributed by atoms with E-state index in [4.69, 9.17) is 4.74 Å². The summed E-state index contributed by atoms with van der Waals surface area (Å²) in [4.78, 5) is 25.5. The molecule has 0 unspecified atom stereocenters. The van der Waals surface area contributed by atoms with E-state index in [1.807, 2.05) is 27.7 Å². The molecule has 0 aliphatic carbocycles. The number of nitrogens with one attached hydrogen (secondary N) is 1. The number of ether oxygens (including phenoxy) is 1. The molecule has 0 radical (unpaired) electrons. The highest BCUT2D eigenvalue weighted by molar-refractivity contribution is 5.84. The van der Waals surface area contributed by atoms with Crippen LogP contribution in [0.4, 0.5) is 0 Å². The molecule has 0 saturated carbocycles. The van der Waals surface area contributed by atoms with Crippen molar-refractivity contribution in [2.45, 2.75) is 34.1 Å². The van der Waals surface area contributed by atoms with Gasteiger partial charge >= 0.3 is 0 Å². The Labute approximate surface area is 116 Å². The predicted octanol–water partition coefficient (Wildman–Crippen LogP) is 1.28. The van der Waals surface area contributed by atoms with E-state index in [0.717, 1.165) is 0 Å². The number of amides is 2. The third-order valence-electron chi connectivity index (χ3n) is 2.48. The Kier molecular flexibility index (Phi) is 9.21. The van der Waals surface area contributed by atoms with E-state index < -0.39 is 0 Å². The maximum atomic E-state index is 12.1. The van der Waals surface area contributed by atoms with Crippen molar-refractivity contribution in [3.63, 3.8) is 0 Å². The van der Waals surface area contributed by atoms with Crippen molar-refractivity contribution in [2.75, 3.05) is 33.4 Å². The van der Waals surface area contributed by atoms with Crippen LogP contribution in [0.1, 0.15) is 34.1 Å². The Balaban J connectivity index is 4.33. The summed E-state index contributed by atoms with van der Waals surface area (Å²) in [5.74, 6) is 0.571. The van der Waals surface area contributed by atoms with E-state index in [1.54, 1.807) is 12.0 Å². The highest BCUT2D eigenvalue weighted by Gasteiger charge is 2.18. The largest absolute Gasteiger partial charge is 0.383 e. The van der Waals surface area contributed by atoms with Crippen LogP contribution >= 0.6 is 0 Å². The smallest absolute Gasteiger partial charge is 0.239 e. The second kappa shape index (κ2) is 9.78. The van der Waals surface area contributed by atoms with E-state index in [-0.39, 0.29) is 18.4 Å². The van der Waals surface area contributed by atoms with Crippen molar-refractivity contribution in [1.82, 2.24) is 10.2 Å². The fourth-order valence-corrected chi connectivity index (χ4v) is 1.70. The van der Waals surface area contributed by atoms with Gasteiger partial charge in [-0.05, 0) is 11.8 Å². The van der Waals surface area contributed by atoms with Crippen molar-refractivity contribution in [2.24, 2.45) is 11.8 Å². The monoisotopic (exact) mass is 272 g/mol. The average molecular weight is 272 g/mol. The molecule has 0 aromatic rings. The molecular formula is C14H28N2O3. The number of rotatable bonds is 9. The molecule has 0 aromatic heterocycles. The maximum absolute atomic E-state index is 12.1. The van der Waals surface area contributed by atoms with E-state index in [2.05, 4.69) is 5.32 Å². The van der Waals surface area contributed by atoms with Gasteiger partial charge in [-0.15, -0.1) is 0 Å². The summed E-state index contributed by atoms with van der Waals surface area (Å²) in [6, 6.07) is 0. The Bertz CT molecular complexity index is 278. The molecule has 0 aromatic carbocycles. The molecule has 5 nitrogen and oxygen atoms in total. The Hall–Kier alpha value is -1.10. The quantitative estimate of drug-likeness (QED) is 0.643. The topological polar surface area (TPSA) is 58.6 Å². The minimum atomic E-state index is -0.130. The van der Waals surface area contributed by atoms with Crippen LogP contribution in [0.15, 0.2) is 0 Å². The molecule has 1 N–H and O–H groups in total. The van der Waals surface area contributed by atoms with E-state index in [0.29, 0.717) is 38.0 Å². The lowest BCUT2D eigenvalue weighted by atomic mass is 10.1. The number of carbonyl (C=O) groups excluding carboxylic acids is 2. The lowest BCUT2D eigenvalue weighted by Crippen LogP contribution is -2.43. The van der Waals surface area contributed by atoms with Crippen molar-refractivity contribution in [3.8, 4) is 0 Å². The van der Waals surface area contributed by atoms with E-state index in [1.165, 1.54) is 0 Å². The highest BCUT2D eigenvalue weighted by Crippen LogP contribution is 2.06.